The molecule has 4 aromatic rings. The van der Waals surface area contributed by atoms with Gasteiger partial charge in [-0.3, -0.25) is 9.36 Å². The Morgan fingerprint density at radius 2 is 1.86 bits per heavy atom. The lowest BCUT2D eigenvalue weighted by Crippen LogP contribution is -2.25. The fourth-order valence-electron chi connectivity index (χ4n) is 4.80. The van der Waals surface area contributed by atoms with Crippen molar-refractivity contribution in [3.8, 4) is 29.4 Å². The Morgan fingerprint density at radius 1 is 1.05 bits per heavy atom. The Kier molecular flexibility index (Phi) is 6.78. The molecule has 0 bridgehead atoms. The summed E-state index contributed by atoms with van der Waals surface area (Å²) in [6, 6.07) is 21.5. The van der Waals surface area contributed by atoms with Crippen LogP contribution in [0, 0.1) is 12.3 Å². The number of terminal acetylenes is 1. The van der Waals surface area contributed by atoms with Crippen LogP contribution < -0.4 is 15.3 Å². The third-order valence-electron chi connectivity index (χ3n) is 6.76. The maximum Gasteiger partial charge on any atom is 0.348 e. The molecule has 1 amide bonds. The van der Waals surface area contributed by atoms with Crippen molar-refractivity contribution >= 4 is 22.5 Å². The lowest BCUT2D eigenvalue weighted by molar-refractivity contribution is -0.117. The van der Waals surface area contributed by atoms with Gasteiger partial charge in [0.1, 0.15) is 12.4 Å². The molecule has 1 saturated heterocycles. The van der Waals surface area contributed by atoms with Crippen LogP contribution in [0.25, 0.3) is 22.2 Å². The van der Waals surface area contributed by atoms with Crippen LogP contribution in [-0.2, 0) is 11.3 Å². The van der Waals surface area contributed by atoms with Gasteiger partial charge in [-0.05, 0) is 53.8 Å². The van der Waals surface area contributed by atoms with Crippen molar-refractivity contribution in [2.75, 3.05) is 18.1 Å². The second-order valence-electron chi connectivity index (χ2n) is 9.60. The Hall–Kier alpha value is -4.37. The maximum absolute atomic E-state index is 13.4. The van der Waals surface area contributed by atoms with E-state index in [2.05, 4.69) is 36.9 Å². The number of amides is 1. The van der Waals surface area contributed by atoms with Gasteiger partial charge in [0.2, 0.25) is 5.91 Å². The largest absolute Gasteiger partial charge is 0.481 e. The summed E-state index contributed by atoms with van der Waals surface area (Å²) >= 11 is 0. The molecule has 5 rings (SSSR count). The van der Waals surface area contributed by atoms with E-state index in [1.54, 1.807) is 4.57 Å². The molecule has 3 aromatic carbocycles. The number of carbonyl (C=O) groups is 1. The number of hydrogen-bond acceptors (Lipinski definition) is 4. The molecule has 1 fully saturated rings. The van der Waals surface area contributed by atoms with Gasteiger partial charge in [0, 0.05) is 29.6 Å². The van der Waals surface area contributed by atoms with Crippen molar-refractivity contribution in [1.29, 1.82) is 0 Å². The molecule has 0 unspecified atom stereocenters. The second kappa shape index (κ2) is 10.3. The molecule has 0 atom stereocenters. The molecule has 0 spiro atoms. The molecular weight excluding hydrogens is 462 g/mol. The van der Waals surface area contributed by atoms with Crippen LogP contribution in [0.1, 0.15) is 43.7 Å². The van der Waals surface area contributed by atoms with Crippen LogP contribution in [0.5, 0.6) is 5.75 Å². The van der Waals surface area contributed by atoms with Crippen molar-refractivity contribution in [1.82, 2.24) is 9.55 Å². The normalized spacial score (nSPS) is 13.4. The fourth-order valence-corrected chi connectivity index (χ4v) is 4.80. The van der Waals surface area contributed by atoms with Crippen molar-refractivity contribution in [2.45, 2.75) is 39.2 Å². The molecule has 1 aromatic heterocycles. The molecule has 2 heterocycles. The zero-order valence-electron chi connectivity index (χ0n) is 21.1. The molecule has 6 nitrogen and oxygen atoms in total. The van der Waals surface area contributed by atoms with E-state index in [1.807, 2.05) is 59.5 Å². The smallest absolute Gasteiger partial charge is 0.348 e. The van der Waals surface area contributed by atoms with Gasteiger partial charge < -0.3 is 9.64 Å². The molecule has 186 valence electrons. The quantitative estimate of drug-likeness (QED) is 0.326. The molecule has 0 aliphatic carbocycles. The number of aromatic nitrogens is 2. The van der Waals surface area contributed by atoms with Gasteiger partial charge >= 0.3 is 5.69 Å². The Labute approximate surface area is 216 Å². The number of nitrogens with zero attached hydrogens (tertiary/aromatic N) is 3. The number of fused-ring (bicyclic) bond motifs is 1. The molecule has 0 N–H and O–H groups in total. The zero-order valence-corrected chi connectivity index (χ0v) is 21.1. The summed E-state index contributed by atoms with van der Waals surface area (Å²) in [7, 11) is 0. The van der Waals surface area contributed by atoms with Gasteiger partial charge in [-0.25, -0.2) is 4.79 Å². The first-order valence-corrected chi connectivity index (χ1v) is 12.5. The minimum atomic E-state index is -0.338. The number of benzene rings is 3. The van der Waals surface area contributed by atoms with E-state index in [1.165, 1.54) is 5.56 Å². The van der Waals surface area contributed by atoms with Crippen LogP contribution in [0.3, 0.4) is 0 Å². The lowest BCUT2D eigenvalue weighted by atomic mass is 9.99. The molecule has 1 aliphatic heterocycles. The maximum atomic E-state index is 13.4. The summed E-state index contributed by atoms with van der Waals surface area (Å²) in [6.07, 6.45) is 6.82. The monoisotopic (exact) mass is 491 g/mol. The van der Waals surface area contributed by atoms with E-state index in [0.717, 1.165) is 40.7 Å². The van der Waals surface area contributed by atoms with Gasteiger partial charge in [-0.1, -0.05) is 56.2 Å². The van der Waals surface area contributed by atoms with Gasteiger partial charge in [0.05, 0.1) is 17.8 Å². The first kappa shape index (κ1) is 24.3. The summed E-state index contributed by atoms with van der Waals surface area (Å²) in [6.45, 7) is 5.49. The Balaban J connectivity index is 1.60. The summed E-state index contributed by atoms with van der Waals surface area (Å²) in [5, 5.41) is 0.803. The van der Waals surface area contributed by atoms with Crippen molar-refractivity contribution < 1.29 is 9.53 Å². The SMILES string of the molecule is C#CCOc1ccc2c(c1)c(-c1ccc(C(C)C)cc1)nc(=O)n2Cc1cccc(N2CCCC2=O)c1. The fraction of sp³-hybridized carbons (Fsp3) is 0.258. The molecular formula is C31H29N3O3. The number of ether oxygens (including phenoxy) is 1. The first-order chi connectivity index (χ1) is 17.9. The van der Waals surface area contributed by atoms with Crippen LogP contribution in [0.2, 0.25) is 0 Å². The molecule has 0 saturated carbocycles. The highest BCUT2D eigenvalue weighted by atomic mass is 16.5. The zero-order chi connectivity index (χ0) is 25.9. The molecule has 0 radical (unpaired) electrons. The first-order valence-electron chi connectivity index (χ1n) is 12.5. The molecule has 6 heteroatoms. The van der Waals surface area contributed by atoms with Crippen LogP contribution >= 0.6 is 0 Å². The average Bonchev–Trinajstić information content (AvgIpc) is 3.35. The van der Waals surface area contributed by atoms with Crippen LogP contribution in [0.4, 0.5) is 5.69 Å². The standard InChI is InChI=1S/C31H29N3O3/c1-4-17-37-26-14-15-28-27(19-26)30(24-12-10-23(11-13-24)21(2)3)32-31(36)34(28)20-22-7-5-8-25(18-22)33-16-6-9-29(33)35/h1,5,7-8,10-15,18-19,21H,6,9,16-17,20H2,2-3H3. The van der Waals surface area contributed by atoms with Crippen molar-refractivity contribution in [2.24, 2.45) is 0 Å². The van der Waals surface area contributed by atoms with Crippen LogP contribution in [0.15, 0.2) is 71.5 Å². The van der Waals surface area contributed by atoms with Crippen molar-refractivity contribution in [3.63, 3.8) is 0 Å². The summed E-state index contributed by atoms with van der Waals surface area (Å²) in [5.74, 6) is 3.65. The minimum Gasteiger partial charge on any atom is -0.481 e. The number of carbonyl (C=O) groups excluding carboxylic acids is 1. The average molecular weight is 492 g/mol. The third-order valence-corrected chi connectivity index (χ3v) is 6.76. The summed E-state index contributed by atoms with van der Waals surface area (Å²) < 4.78 is 7.35. The van der Waals surface area contributed by atoms with Gasteiger partial charge in [0.25, 0.3) is 0 Å². The highest BCUT2D eigenvalue weighted by molar-refractivity contribution is 5.95. The second-order valence-corrected chi connectivity index (χ2v) is 9.60. The van der Waals surface area contributed by atoms with E-state index in [4.69, 9.17) is 11.2 Å². The van der Waals surface area contributed by atoms with Gasteiger partial charge in [0.15, 0.2) is 0 Å². The van der Waals surface area contributed by atoms with Crippen LogP contribution in [-0.4, -0.2) is 28.6 Å². The van der Waals surface area contributed by atoms with E-state index in [0.29, 0.717) is 30.3 Å². The Bertz CT molecular complexity index is 1560. The number of rotatable bonds is 7. The predicted octanol–water partition coefficient (Wildman–Crippen LogP) is 5.37. The summed E-state index contributed by atoms with van der Waals surface area (Å²) in [5.41, 5.74) is 4.88. The highest BCUT2D eigenvalue weighted by Gasteiger charge is 2.22. The number of anilines is 1. The minimum absolute atomic E-state index is 0.133. The molecule has 1 aliphatic rings. The Morgan fingerprint density at radius 3 is 2.57 bits per heavy atom. The lowest BCUT2D eigenvalue weighted by Gasteiger charge is -2.18. The van der Waals surface area contributed by atoms with E-state index in [9.17, 15) is 9.59 Å². The van der Waals surface area contributed by atoms with Gasteiger partial charge in [-0.2, -0.15) is 4.98 Å². The van der Waals surface area contributed by atoms with E-state index >= 15 is 0 Å². The highest BCUT2D eigenvalue weighted by Crippen LogP contribution is 2.30. The van der Waals surface area contributed by atoms with Crippen molar-refractivity contribution in [3.05, 3.63) is 88.3 Å². The van der Waals surface area contributed by atoms with Gasteiger partial charge in [-0.15, -0.1) is 6.42 Å². The number of hydrogen-bond donors (Lipinski definition) is 0. The third kappa shape index (κ3) is 4.99. The summed E-state index contributed by atoms with van der Waals surface area (Å²) in [4.78, 5) is 32.0. The molecule has 37 heavy (non-hydrogen) atoms. The van der Waals surface area contributed by atoms with E-state index in [-0.39, 0.29) is 18.2 Å². The van der Waals surface area contributed by atoms with E-state index < -0.39 is 0 Å². The predicted molar refractivity (Wildman–Crippen MR) is 147 cm³/mol. The topological polar surface area (TPSA) is 64.4 Å².